The van der Waals surface area contributed by atoms with Crippen molar-refractivity contribution in [3.63, 3.8) is 0 Å². The highest BCUT2D eigenvalue weighted by atomic mass is 16.3. The Morgan fingerprint density at radius 1 is 0.618 bits per heavy atom. The zero-order chi connectivity index (χ0) is 26.6. The van der Waals surface area contributed by atoms with E-state index in [1.54, 1.807) is 0 Å². The van der Waals surface area contributed by atoms with Gasteiger partial charge in [-0.2, -0.15) is 0 Å². The van der Waals surface area contributed by atoms with Gasteiger partial charge in [0.25, 0.3) is 0 Å². The van der Waals surface area contributed by atoms with E-state index in [0.29, 0.717) is 6.61 Å². The minimum absolute atomic E-state index is 0.366. The van der Waals surface area contributed by atoms with Crippen LogP contribution in [0.4, 0.5) is 0 Å². The van der Waals surface area contributed by atoms with Crippen LogP contribution >= 0.6 is 0 Å². The van der Waals surface area contributed by atoms with Gasteiger partial charge in [-0.15, -0.1) is 0 Å². The van der Waals surface area contributed by atoms with E-state index >= 15 is 0 Å². The fourth-order valence-electron chi connectivity index (χ4n) is 4.95. The predicted octanol–water partition coefficient (Wildman–Crippen LogP) is -9.15. The molecule has 0 atom stereocenters. The second kappa shape index (κ2) is 18.7. The summed E-state index contributed by atoms with van der Waals surface area (Å²) in [4.78, 5) is 0. The molecule has 1 rings (SSSR count). The van der Waals surface area contributed by atoms with Gasteiger partial charge in [0.1, 0.15) is 0 Å². The van der Waals surface area contributed by atoms with Gasteiger partial charge < -0.3 is 10.4 Å². The number of aliphatic hydroxyl groups is 1. The number of rotatable bonds is 13. The Labute approximate surface area is 232 Å². The van der Waals surface area contributed by atoms with Crippen molar-refractivity contribution in [2.24, 2.45) is 5.92 Å². The molecule has 2 N–H and O–H groups in total. The van der Waals surface area contributed by atoms with Crippen molar-refractivity contribution in [2.45, 2.75) is 19.3 Å². The van der Waals surface area contributed by atoms with E-state index in [1.165, 1.54) is 19.9 Å². The van der Waals surface area contributed by atoms with Gasteiger partial charge in [0.05, 0.1) is 0 Å². The molecule has 1 aliphatic heterocycles. The van der Waals surface area contributed by atoms with Crippen LogP contribution in [-0.2, 0) is 0 Å². The molecular formula is C7H15B25NO. The third-order valence-corrected chi connectivity index (χ3v) is 6.66. The first-order chi connectivity index (χ1) is 15.8. The summed E-state index contributed by atoms with van der Waals surface area (Å²) in [7, 11) is 77.9. The van der Waals surface area contributed by atoms with Crippen molar-refractivity contribution < 1.29 is 5.11 Å². The van der Waals surface area contributed by atoms with Crippen molar-refractivity contribution in [1.29, 1.82) is 0 Å². The van der Waals surface area contributed by atoms with Crippen molar-refractivity contribution >= 4 is 178 Å². The molecule has 0 aromatic rings. The minimum Gasteiger partial charge on any atom is -0.396 e. The first-order valence-corrected chi connectivity index (χ1v) is 11.7. The largest absolute Gasteiger partial charge is 0.396 e. The van der Waals surface area contributed by atoms with Crippen LogP contribution in [0, 0.1) is 5.92 Å². The molecule has 0 aromatic carbocycles. The lowest BCUT2D eigenvalue weighted by molar-refractivity contribution is 0.235. The Morgan fingerprint density at radius 3 is 1.26 bits per heavy atom. The van der Waals surface area contributed by atoms with Crippen LogP contribution in [0.15, 0.2) is 0 Å². The molecule has 0 amide bonds. The van der Waals surface area contributed by atoms with Gasteiger partial charge in [0.2, 0.25) is 0 Å². The number of piperidine rings is 1. The van der Waals surface area contributed by atoms with Gasteiger partial charge in [-0.3, -0.25) is 0 Å². The molecule has 1 fully saturated rings. The number of nitrogens with one attached hydrogen (secondary N) is 1. The topological polar surface area (TPSA) is 32.3 Å². The maximum atomic E-state index is 8.60. The van der Waals surface area contributed by atoms with Gasteiger partial charge in [-0.1, -0.05) is 0 Å². The third kappa shape index (κ3) is 11.9. The average Bonchev–Trinajstić information content (AvgIpc) is 2.71. The summed E-state index contributed by atoms with van der Waals surface area (Å²) in [6.07, 6.45) is -5.69. The van der Waals surface area contributed by atoms with Gasteiger partial charge in [-0.05, 0) is 38.3 Å². The van der Waals surface area contributed by atoms with E-state index in [1.807, 2.05) is 0 Å². The van der Waals surface area contributed by atoms with Gasteiger partial charge in [0.15, 0.2) is 0 Å². The molecule has 0 bridgehead atoms. The summed E-state index contributed by atoms with van der Waals surface area (Å²) < 4.78 is 0. The van der Waals surface area contributed by atoms with Crippen LogP contribution in [0.2, 0.25) is 0 Å². The molecule has 0 aromatic heterocycles. The minimum atomic E-state index is -0.960. The summed E-state index contributed by atoms with van der Waals surface area (Å²) in [5.74, 6) is 0.788. The molecule has 0 saturated carbocycles. The van der Waals surface area contributed by atoms with E-state index in [0.717, 1.165) is 25.4 Å². The highest BCUT2D eigenvalue weighted by molar-refractivity contribution is 8.24. The van der Waals surface area contributed by atoms with Crippen molar-refractivity contribution in [3.05, 3.63) is 0 Å². The van der Waals surface area contributed by atoms with Crippen molar-refractivity contribution in [2.75, 3.05) is 19.7 Å². The Bertz CT molecular complexity index is 461. The fraction of sp³-hybridized carbons (Fsp3) is 1.00. The van der Waals surface area contributed by atoms with Crippen LogP contribution < -0.4 is 5.32 Å². The van der Waals surface area contributed by atoms with E-state index in [4.69, 9.17) is 106 Å². The first-order valence-electron chi connectivity index (χ1n) is 11.7. The number of aliphatic hydroxyl groups excluding tert-OH is 1. The van der Waals surface area contributed by atoms with Crippen molar-refractivity contribution in [3.8, 4) is 0 Å². The van der Waals surface area contributed by atoms with Crippen LogP contribution in [0.3, 0.4) is 0 Å². The van der Waals surface area contributed by atoms with Crippen LogP contribution in [0.5, 0.6) is 0 Å². The second-order valence-corrected chi connectivity index (χ2v) is 9.25. The molecule has 34 heavy (non-hydrogen) atoms. The van der Waals surface area contributed by atoms with Crippen LogP contribution in [0.25, 0.3) is 0 Å². The SMILES string of the molecule is OCCC1CCNCC1.[B][B]B(B([B])[B])B(B([B])[B])B(B(B([B])[B])B([B])[B])B(B([B])[B])B([B])[B]. The highest BCUT2D eigenvalue weighted by Gasteiger charge is 2.48. The van der Waals surface area contributed by atoms with Gasteiger partial charge in [0, 0.05) is 184 Å². The zero-order valence-corrected chi connectivity index (χ0v) is 20.2. The number of hydrogen-bond acceptors (Lipinski definition) is 2. The van der Waals surface area contributed by atoms with E-state index in [-0.39, 0.29) is 0 Å². The molecule has 27 radical (unpaired) electrons. The Balaban J connectivity index is 0.000000999. The average molecular weight is 400 g/mol. The Kier molecular flexibility index (Phi) is 19.6. The molecule has 1 aliphatic rings. The lowest BCUT2D eigenvalue weighted by Gasteiger charge is -2.47. The standard InChI is InChI=1S/C7H15NO.B25/c9-6-3-7-1-4-8-5-2-7;1-14-21(15(2)3)24(20(12)13)25(22(16(4)5)17(6)7)23(18(8)9)19(10)11/h7-9H,1-6H2;. The smallest absolute Gasteiger partial charge is 0.0433 e. The zero-order valence-electron chi connectivity index (χ0n) is 20.2. The molecule has 0 unspecified atom stereocenters. The summed E-state index contributed by atoms with van der Waals surface area (Å²) in [6, 6.07) is 0. The summed E-state index contributed by atoms with van der Waals surface area (Å²) in [5.41, 5.74) is 0. The number of hydrogen-bond donors (Lipinski definition) is 2. The van der Waals surface area contributed by atoms with Gasteiger partial charge >= 0.3 is 0 Å². The maximum Gasteiger partial charge on any atom is 0.0433 e. The van der Waals surface area contributed by atoms with Crippen LogP contribution in [0.1, 0.15) is 19.3 Å². The molecule has 0 aliphatic carbocycles. The van der Waals surface area contributed by atoms with E-state index in [2.05, 4.69) is 5.32 Å². The molecule has 1 saturated heterocycles. The van der Waals surface area contributed by atoms with E-state index < -0.39 is 70.2 Å². The third-order valence-electron chi connectivity index (χ3n) is 6.66. The highest BCUT2D eigenvalue weighted by Crippen LogP contribution is 2.14. The van der Waals surface area contributed by atoms with Crippen LogP contribution in [-0.4, -0.2) is 203 Å². The molecule has 1 heterocycles. The van der Waals surface area contributed by atoms with Gasteiger partial charge in [-0.25, -0.2) is 0 Å². The summed E-state index contributed by atoms with van der Waals surface area (Å²) in [5, 5.41) is 11.9. The lowest BCUT2D eigenvalue weighted by atomic mass is 8.35. The Hall–Kier alpha value is 1.54. The lowest BCUT2D eigenvalue weighted by Crippen LogP contribution is -2.85. The predicted molar refractivity (Wildman–Crippen MR) is 181 cm³/mol. The first kappa shape index (κ1) is 35.5. The monoisotopic (exact) mass is 404 g/mol. The molecule has 129 valence electrons. The molecule has 27 heteroatoms. The maximum absolute atomic E-state index is 8.60. The molecule has 0 spiro atoms. The Morgan fingerprint density at radius 2 is 1.00 bits per heavy atom. The summed E-state index contributed by atoms with van der Waals surface area (Å²) in [6.45, 7) is 2.65. The molecule has 2 nitrogen and oxygen atoms in total. The fourth-order valence-corrected chi connectivity index (χ4v) is 4.95. The molecular weight excluding hydrogens is 384 g/mol. The second-order valence-electron chi connectivity index (χ2n) is 9.25. The van der Waals surface area contributed by atoms with E-state index in [9.17, 15) is 0 Å². The summed E-state index contributed by atoms with van der Waals surface area (Å²) >= 11 is 0. The van der Waals surface area contributed by atoms with Crippen molar-refractivity contribution in [1.82, 2.24) is 5.32 Å². The quantitative estimate of drug-likeness (QED) is 0.302. The normalized spacial score (nSPS) is 12.7.